The highest BCUT2D eigenvalue weighted by atomic mass is 16.6. The first-order valence-electron chi connectivity index (χ1n) is 8.39. The minimum Gasteiger partial charge on any atom is -0.506 e. The Morgan fingerprint density at radius 2 is 1.93 bits per heavy atom. The number of carbonyl (C=O) groups is 1. The summed E-state index contributed by atoms with van der Waals surface area (Å²) in [6, 6.07) is 16.6. The van der Waals surface area contributed by atoms with Crippen LogP contribution in [0.25, 0.3) is 10.8 Å². The van der Waals surface area contributed by atoms with E-state index < -0.39 is 11.0 Å². The third kappa shape index (κ3) is 3.82. The van der Waals surface area contributed by atoms with Crippen LogP contribution in [0, 0.1) is 10.1 Å². The van der Waals surface area contributed by atoms with Crippen molar-refractivity contribution in [2.45, 2.75) is 13.5 Å². The number of phenolic OH excluding ortho intramolecular Hbond substituents is 1. The molecular formula is C20H18N2O5. The fourth-order valence-electron chi connectivity index (χ4n) is 2.91. The average molecular weight is 366 g/mol. The van der Waals surface area contributed by atoms with E-state index >= 15 is 0 Å². The van der Waals surface area contributed by atoms with Crippen LogP contribution in [-0.2, 0) is 11.3 Å². The molecule has 27 heavy (non-hydrogen) atoms. The largest absolute Gasteiger partial charge is 0.506 e. The molecule has 0 aromatic heterocycles. The van der Waals surface area contributed by atoms with Crippen molar-refractivity contribution in [1.82, 2.24) is 0 Å². The van der Waals surface area contributed by atoms with Crippen molar-refractivity contribution in [1.29, 1.82) is 0 Å². The molecular weight excluding hydrogens is 348 g/mol. The van der Waals surface area contributed by atoms with E-state index in [0.717, 1.165) is 5.39 Å². The van der Waals surface area contributed by atoms with Crippen molar-refractivity contribution in [2.24, 2.45) is 0 Å². The third-order valence-electron chi connectivity index (χ3n) is 4.10. The summed E-state index contributed by atoms with van der Waals surface area (Å²) in [5, 5.41) is 23.0. The second kappa shape index (κ2) is 7.74. The number of carbonyl (C=O) groups excluding carboxylic acids is 1. The maximum absolute atomic E-state index is 12.6. The summed E-state index contributed by atoms with van der Waals surface area (Å²) >= 11 is 0. The number of fused-ring (bicyclic) bond motifs is 1. The second-order valence-electron chi connectivity index (χ2n) is 5.87. The lowest BCUT2D eigenvalue weighted by molar-refractivity contribution is -0.384. The highest BCUT2D eigenvalue weighted by molar-refractivity contribution is 6.04. The summed E-state index contributed by atoms with van der Waals surface area (Å²) in [5.41, 5.74) is 0.779. The fraction of sp³-hybridized carbons (Fsp3) is 0.150. The van der Waals surface area contributed by atoms with E-state index in [4.69, 9.17) is 4.74 Å². The van der Waals surface area contributed by atoms with Crippen molar-refractivity contribution in [3.8, 4) is 5.75 Å². The number of benzene rings is 3. The predicted octanol–water partition coefficient (Wildman–Crippen LogP) is 4.62. The van der Waals surface area contributed by atoms with Crippen LogP contribution >= 0.6 is 0 Å². The van der Waals surface area contributed by atoms with E-state index in [9.17, 15) is 20.0 Å². The van der Waals surface area contributed by atoms with Gasteiger partial charge in [-0.3, -0.25) is 15.0 Å². The standard InChI is InChI=1S/C20H18N2O5/c1-2-27-20(24)21(13-14-6-5-8-16(12-14)22(25)26)19-17-9-4-3-7-15(17)10-11-18(19)23/h3-12,23H,2,13H2,1H3. The molecule has 7 heteroatoms. The van der Waals surface area contributed by atoms with E-state index in [1.165, 1.54) is 23.1 Å². The van der Waals surface area contributed by atoms with Gasteiger partial charge in [-0.2, -0.15) is 0 Å². The highest BCUT2D eigenvalue weighted by Gasteiger charge is 2.23. The van der Waals surface area contributed by atoms with Gasteiger partial charge in [0, 0.05) is 17.5 Å². The molecule has 0 aliphatic carbocycles. The van der Waals surface area contributed by atoms with Crippen LogP contribution in [0.2, 0.25) is 0 Å². The van der Waals surface area contributed by atoms with Gasteiger partial charge in [-0.25, -0.2) is 4.79 Å². The van der Waals surface area contributed by atoms with Gasteiger partial charge in [-0.1, -0.05) is 42.5 Å². The number of phenols is 1. The Bertz CT molecular complexity index is 1000. The Kier molecular flexibility index (Phi) is 5.21. The van der Waals surface area contributed by atoms with Gasteiger partial charge < -0.3 is 9.84 Å². The molecule has 138 valence electrons. The van der Waals surface area contributed by atoms with Gasteiger partial charge in [-0.05, 0) is 23.9 Å². The Labute approximate surface area is 155 Å². The Morgan fingerprint density at radius 1 is 1.15 bits per heavy atom. The van der Waals surface area contributed by atoms with Crippen LogP contribution in [-0.4, -0.2) is 22.7 Å². The Hall–Kier alpha value is -3.61. The molecule has 0 saturated carbocycles. The Balaban J connectivity index is 2.10. The zero-order valence-corrected chi connectivity index (χ0v) is 14.7. The van der Waals surface area contributed by atoms with Crippen molar-refractivity contribution >= 4 is 28.2 Å². The maximum Gasteiger partial charge on any atom is 0.414 e. The normalized spacial score (nSPS) is 10.6. The minimum absolute atomic E-state index is 0.0160. The monoisotopic (exact) mass is 366 g/mol. The second-order valence-corrected chi connectivity index (χ2v) is 5.87. The number of rotatable bonds is 5. The number of nitro benzene ring substituents is 1. The van der Waals surface area contributed by atoms with Crippen molar-refractivity contribution in [3.05, 3.63) is 76.3 Å². The van der Waals surface area contributed by atoms with Crippen LogP contribution < -0.4 is 4.90 Å². The molecule has 0 radical (unpaired) electrons. The first-order valence-corrected chi connectivity index (χ1v) is 8.39. The summed E-state index contributed by atoms with van der Waals surface area (Å²) < 4.78 is 5.15. The van der Waals surface area contributed by atoms with Gasteiger partial charge in [-0.15, -0.1) is 0 Å². The number of aromatic hydroxyl groups is 1. The van der Waals surface area contributed by atoms with E-state index in [1.807, 2.05) is 18.2 Å². The number of hydrogen-bond donors (Lipinski definition) is 1. The van der Waals surface area contributed by atoms with Crippen LogP contribution in [0.4, 0.5) is 16.2 Å². The molecule has 0 atom stereocenters. The van der Waals surface area contributed by atoms with Crippen LogP contribution in [0.5, 0.6) is 5.75 Å². The lowest BCUT2D eigenvalue weighted by Gasteiger charge is -2.24. The topological polar surface area (TPSA) is 92.9 Å². The number of amides is 1. The summed E-state index contributed by atoms with van der Waals surface area (Å²) in [5.74, 6) is -0.0767. The van der Waals surface area contributed by atoms with Gasteiger partial charge in [0.15, 0.2) is 0 Å². The average Bonchev–Trinajstić information content (AvgIpc) is 2.67. The maximum atomic E-state index is 12.6. The molecule has 3 aromatic rings. The van der Waals surface area contributed by atoms with Crippen molar-refractivity contribution < 1.29 is 19.6 Å². The van der Waals surface area contributed by atoms with Crippen molar-refractivity contribution in [3.63, 3.8) is 0 Å². The summed E-state index contributed by atoms with van der Waals surface area (Å²) in [6.07, 6.45) is -0.643. The first kappa shape index (κ1) is 18.2. The highest BCUT2D eigenvalue weighted by Crippen LogP contribution is 2.37. The smallest absolute Gasteiger partial charge is 0.414 e. The molecule has 1 N–H and O–H groups in total. The lowest BCUT2D eigenvalue weighted by Crippen LogP contribution is -2.31. The molecule has 0 aliphatic rings. The molecule has 0 heterocycles. The first-order chi connectivity index (χ1) is 13.0. The van der Waals surface area contributed by atoms with Gasteiger partial charge >= 0.3 is 6.09 Å². The Morgan fingerprint density at radius 3 is 2.67 bits per heavy atom. The zero-order valence-electron chi connectivity index (χ0n) is 14.7. The number of non-ortho nitro benzene ring substituents is 1. The third-order valence-corrected chi connectivity index (χ3v) is 4.10. The van der Waals surface area contributed by atoms with E-state index in [1.54, 1.807) is 31.2 Å². The van der Waals surface area contributed by atoms with E-state index in [-0.39, 0.29) is 24.6 Å². The summed E-state index contributed by atoms with van der Waals surface area (Å²) in [4.78, 5) is 24.5. The SMILES string of the molecule is CCOC(=O)N(Cc1cccc([N+](=O)[O-])c1)c1c(O)ccc2ccccc12. The molecule has 0 saturated heterocycles. The van der Waals surface area contributed by atoms with Gasteiger partial charge in [0.25, 0.3) is 5.69 Å². The number of ether oxygens (including phenoxy) is 1. The molecule has 0 fully saturated rings. The molecule has 0 bridgehead atoms. The van der Waals surface area contributed by atoms with Gasteiger partial charge in [0.1, 0.15) is 5.75 Å². The lowest BCUT2D eigenvalue weighted by atomic mass is 10.1. The van der Waals surface area contributed by atoms with Crippen LogP contribution in [0.1, 0.15) is 12.5 Å². The van der Waals surface area contributed by atoms with E-state index in [2.05, 4.69) is 0 Å². The number of hydrogen-bond acceptors (Lipinski definition) is 5. The van der Waals surface area contributed by atoms with Gasteiger partial charge in [0.05, 0.1) is 23.8 Å². The molecule has 0 aliphatic heterocycles. The molecule has 3 aromatic carbocycles. The van der Waals surface area contributed by atoms with Crippen LogP contribution in [0.15, 0.2) is 60.7 Å². The molecule has 0 spiro atoms. The fourth-order valence-corrected chi connectivity index (χ4v) is 2.91. The minimum atomic E-state index is -0.643. The zero-order chi connectivity index (χ0) is 19.4. The number of anilines is 1. The summed E-state index contributed by atoms with van der Waals surface area (Å²) in [7, 11) is 0. The quantitative estimate of drug-likeness (QED) is 0.525. The molecule has 3 rings (SSSR count). The molecule has 7 nitrogen and oxygen atoms in total. The number of nitrogens with zero attached hydrogens (tertiary/aromatic N) is 2. The van der Waals surface area contributed by atoms with E-state index in [0.29, 0.717) is 16.6 Å². The van der Waals surface area contributed by atoms with Crippen molar-refractivity contribution in [2.75, 3.05) is 11.5 Å². The molecule has 1 amide bonds. The number of nitro groups is 1. The molecule has 0 unspecified atom stereocenters. The summed E-state index contributed by atoms with van der Waals surface area (Å²) in [6.45, 7) is 1.87. The van der Waals surface area contributed by atoms with Gasteiger partial charge in [0.2, 0.25) is 0 Å². The van der Waals surface area contributed by atoms with Crippen LogP contribution in [0.3, 0.4) is 0 Å². The predicted molar refractivity (Wildman–Crippen MR) is 102 cm³/mol.